The first-order valence-electron chi connectivity index (χ1n) is 7.55. The van der Waals surface area contributed by atoms with E-state index in [2.05, 4.69) is 10.3 Å². The van der Waals surface area contributed by atoms with Crippen LogP contribution >= 0.6 is 0 Å². The summed E-state index contributed by atoms with van der Waals surface area (Å²) in [7, 11) is 0. The molecular formula is C18H18N2O3. The summed E-state index contributed by atoms with van der Waals surface area (Å²) in [6.07, 6.45) is 3.47. The zero-order chi connectivity index (χ0) is 16.1. The Kier molecular flexibility index (Phi) is 4.68. The summed E-state index contributed by atoms with van der Waals surface area (Å²) in [5.74, 6) is 0.445. The monoisotopic (exact) mass is 310 g/mol. The molecule has 0 amide bonds. The van der Waals surface area contributed by atoms with Crippen LogP contribution in [0.25, 0.3) is 11.0 Å². The lowest BCUT2D eigenvalue weighted by Crippen LogP contribution is -2.29. The number of nitrogens with zero attached hydrogens (tertiary/aromatic N) is 1. The fraction of sp³-hybridized carbons (Fsp3) is 0.222. The second-order valence-electron chi connectivity index (χ2n) is 5.09. The number of esters is 1. The summed E-state index contributed by atoms with van der Waals surface area (Å²) in [5.41, 5.74) is 1.74. The van der Waals surface area contributed by atoms with E-state index >= 15 is 0 Å². The molecule has 2 heterocycles. The highest BCUT2D eigenvalue weighted by atomic mass is 16.5. The third-order valence-electron chi connectivity index (χ3n) is 3.50. The van der Waals surface area contributed by atoms with Crippen molar-refractivity contribution in [2.75, 3.05) is 13.2 Å². The normalized spacial score (nSPS) is 12.2. The minimum atomic E-state index is -0.294. The van der Waals surface area contributed by atoms with E-state index in [1.54, 1.807) is 19.3 Å². The van der Waals surface area contributed by atoms with Gasteiger partial charge >= 0.3 is 5.97 Å². The van der Waals surface area contributed by atoms with E-state index in [1.165, 1.54) is 0 Å². The minimum absolute atomic E-state index is 0.102. The van der Waals surface area contributed by atoms with E-state index in [9.17, 15) is 4.79 Å². The lowest BCUT2D eigenvalue weighted by Gasteiger charge is -2.16. The first-order valence-corrected chi connectivity index (χ1v) is 7.55. The lowest BCUT2D eigenvalue weighted by atomic mass is 10.1. The molecule has 0 aliphatic rings. The van der Waals surface area contributed by atoms with Gasteiger partial charge in [0.15, 0.2) is 0 Å². The first kappa shape index (κ1) is 15.2. The number of aromatic nitrogens is 1. The van der Waals surface area contributed by atoms with Crippen molar-refractivity contribution in [2.45, 2.75) is 13.0 Å². The molecule has 1 atom stereocenters. The molecule has 0 saturated heterocycles. The summed E-state index contributed by atoms with van der Waals surface area (Å²) in [4.78, 5) is 15.8. The number of benzene rings is 1. The molecule has 3 rings (SSSR count). The molecule has 5 heteroatoms. The van der Waals surface area contributed by atoms with Gasteiger partial charge in [-0.25, -0.2) is 0 Å². The van der Waals surface area contributed by atoms with Gasteiger partial charge in [0.25, 0.3) is 0 Å². The molecule has 0 saturated carbocycles. The average molecular weight is 310 g/mol. The number of hydrogen-bond donors (Lipinski definition) is 1. The van der Waals surface area contributed by atoms with E-state index in [0.717, 1.165) is 22.3 Å². The molecule has 23 heavy (non-hydrogen) atoms. The van der Waals surface area contributed by atoms with Crippen molar-refractivity contribution in [1.82, 2.24) is 10.3 Å². The van der Waals surface area contributed by atoms with Crippen LogP contribution in [0.5, 0.6) is 0 Å². The number of fused-ring (bicyclic) bond motifs is 1. The Bertz CT molecular complexity index is 750. The number of carbonyl (C=O) groups is 1. The Hall–Kier alpha value is -2.66. The Morgan fingerprint density at radius 1 is 1.30 bits per heavy atom. The van der Waals surface area contributed by atoms with Crippen LogP contribution in [-0.4, -0.2) is 24.1 Å². The van der Waals surface area contributed by atoms with Gasteiger partial charge in [-0.1, -0.05) is 24.3 Å². The van der Waals surface area contributed by atoms with Crippen molar-refractivity contribution in [3.63, 3.8) is 0 Å². The predicted molar refractivity (Wildman–Crippen MR) is 86.9 cm³/mol. The summed E-state index contributed by atoms with van der Waals surface area (Å²) in [5, 5.41) is 4.21. The van der Waals surface area contributed by atoms with Crippen LogP contribution in [0.2, 0.25) is 0 Å². The van der Waals surface area contributed by atoms with Gasteiger partial charge in [0.1, 0.15) is 11.3 Å². The summed E-state index contributed by atoms with van der Waals surface area (Å²) in [6.45, 7) is 2.25. The number of rotatable bonds is 6. The molecule has 0 bridgehead atoms. The van der Waals surface area contributed by atoms with E-state index in [1.807, 2.05) is 42.5 Å². The molecule has 0 aliphatic heterocycles. The molecule has 2 aromatic heterocycles. The van der Waals surface area contributed by atoms with Gasteiger partial charge < -0.3 is 9.15 Å². The number of ether oxygens (including phenoxy) is 1. The Morgan fingerprint density at radius 3 is 2.91 bits per heavy atom. The van der Waals surface area contributed by atoms with E-state index in [4.69, 9.17) is 9.15 Å². The maximum absolute atomic E-state index is 11.7. The number of furan rings is 1. The number of hydrogen-bond acceptors (Lipinski definition) is 5. The van der Waals surface area contributed by atoms with Crippen LogP contribution in [0.3, 0.4) is 0 Å². The van der Waals surface area contributed by atoms with Crippen molar-refractivity contribution in [3.8, 4) is 0 Å². The topological polar surface area (TPSA) is 64.4 Å². The van der Waals surface area contributed by atoms with Crippen LogP contribution in [0.1, 0.15) is 24.3 Å². The molecule has 0 radical (unpaired) electrons. The second-order valence-corrected chi connectivity index (χ2v) is 5.09. The van der Waals surface area contributed by atoms with Crippen molar-refractivity contribution >= 4 is 16.9 Å². The second kappa shape index (κ2) is 7.07. The molecule has 118 valence electrons. The van der Waals surface area contributed by atoms with Crippen LogP contribution in [0.15, 0.2) is 59.3 Å². The smallest absolute Gasteiger partial charge is 0.319 e. The largest absolute Gasteiger partial charge is 0.465 e. The zero-order valence-corrected chi connectivity index (χ0v) is 12.9. The standard InChI is InChI=1S/C18H18N2O3/c1-2-22-17(21)12-20-18(14-7-5-9-19-11-14)16-10-13-6-3-4-8-15(13)23-16/h3-11,18,20H,2,12H2,1H3. The van der Waals surface area contributed by atoms with Crippen molar-refractivity contribution in [3.05, 3.63) is 66.2 Å². The van der Waals surface area contributed by atoms with Gasteiger partial charge in [-0.2, -0.15) is 0 Å². The molecule has 0 spiro atoms. The summed E-state index contributed by atoms with van der Waals surface area (Å²) >= 11 is 0. The average Bonchev–Trinajstić information content (AvgIpc) is 3.00. The quantitative estimate of drug-likeness (QED) is 0.709. The van der Waals surface area contributed by atoms with E-state index < -0.39 is 0 Å². The predicted octanol–water partition coefficient (Wildman–Crippen LogP) is 3.07. The Morgan fingerprint density at radius 2 is 2.17 bits per heavy atom. The highest BCUT2D eigenvalue weighted by Crippen LogP contribution is 2.27. The van der Waals surface area contributed by atoms with Crippen LogP contribution < -0.4 is 5.32 Å². The van der Waals surface area contributed by atoms with Crippen LogP contribution in [0, 0.1) is 0 Å². The third kappa shape index (κ3) is 3.57. The highest BCUT2D eigenvalue weighted by Gasteiger charge is 2.19. The molecule has 1 aromatic carbocycles. The zero-order valence-electron chi connectivity index (χ0n) is 12.9. The third-order valence-corrected chi connectivity index (χ3v) is 3.50. The molecule has 1 N–H and O–H groups in total. The van der Waals surface area contributed by atoms with Crippen molar-refractivity contribution in [2.24, 2.45) is 0 Å². The van der Waals surface area contributed by atoms with Gasteiger partial charge in [0, 0.05) is 17.8 Å². The molecule has 1 unspecified atom stereocenters. The number of pyridine rings is 1. The minimum Gasteiger partial charge on any atom is -0.465 e. The van der Waals surface area contributed by atoms with Crippen LogP contribution in [0.4, 0.5) is 0 Å². The number of nitrogens with one attached hydrogen (secondary N) is 1. The van der Waals surface area contributed by atoms with Gasteiger partial charge in [0.05, 0.1) is 19.2 Å². The van der Waals surface area contributed by atoms with Gasteiger partial charge in [-0.15, -0.1) is 0 Å². The van der Waals surface area contributed by atoms with E-state index in [-0.39, 0.29) is 18.6 Å². The fourth-order valence-electron chi connectivity index (χ4n) is 2.47. The number of para-hydroxylation sites is 1. The summed E-state index contributed by atoms with van der Waals surface area (Å²) < 4.78 is 10.9. The maximum atomic E-state index is 11.7. The van der Waals surface area contributed by atoms with Crippen molar-refractivity contribution in [1.29, 1.82) is 0 Å². The first-order chi connectivity index (χ1) is 11.3. The van der Waals surface area contributed by atoms with Crippen molar-refractivity contribution < 1.29 is 13.9 Å². The van der Waals surface area contributed by atoms with Crippen LogP contribution in [-0.2, 0) is 9.53 Å². The lowest BCUT2D eigenvalue weighted by molar-refractivity contribution is -0.142. The number of carbonyl (C=O) groups excluding carboxylic acids is 1. The highest BCUT2D eigenvalue weighted by molar-refractivity contribution is 5.78. The molecule has 5 nitrogen and oxygen atoms in total. The molecular weight excluding hydrogens is 292 g/mol. The maximum Gasteiger partial charge on any atom is 0.319 e. The molecule has 0 fully saturated rings. The Labute approximate surface area is 134 Å². The summed E-state index contributed by atoms with van der Waals surface area (Å²) in [6, 6.07) is 13.3. The Balaban J connectivity index is 1.89. The molecule has 0 aliphatic carbocycles. The van der Waals surface area contributed by atoms with Gasteiger partial charge in [-0.3, -0.25) is 15.1 Å². The fourth-order valence-corrected chi connectivity index (χ4v) is 2.47. The SMILES string of the molecule is CCOC(=O)CNC(c1cccnc1)c1cc2ccccc2o1. The molecule has 3 aromatic rings. The van der Waals surface area contributed by atoms with Gasteiger partial charge in [0.2, 0.25) is 0 Å². The van der Waals surface area contributed by atoms with E-state index in [0.29, 0.717) is 6.61 Å². The van der Waals surface area contributed by atoms with Gasteiger partial charge in [-0.05, 0) is 30.7 Å².